The monoisotopic (exact) mass is 931 g/mol. The van der Waals surface area contributed by atoms with Crippen LogP contribution in [0.3, 0.4) is 0 Å². The number of benzene rings is 2. The Labute approximate surface area is 398 Å². The van der Waals surface area contributed by atoms with Crippen LogP contribution in [0.2, 0.25) is 0 Å². The highest BCUT2D eigenvalue weighted by atomic mass is 16.5. The molecule has 4 saturated heterocycles. The minimum absolute atomic E-state index is 0.000244. The number of cyclic esters (lactones) is 1. The Morgan fingerprint density at radius 2 is 1.81 bits per heavy atom. The molecule has 5 aliphatic rings. The molecule has 4 fully saturated rings. The Balaban J connectivity index is 1.10. The van der Waals surface area contributed by atoms with Gasteiger partial charge in [0.25, 0.3) is 5.91 Å². The number of carbonyl (C=O) groups excluding carboxylic acids is 5. The molecule has 7 heterocycles. The third-order valence-corrected chi connectivity index (χ3v) is 14.8. The normalized spacial score (nSPS) is 24.9. The van der Waals surface area contributed by atoms with Crippen molar-refractivity contribution in [3.63, 3.8) is 0 Å². The number of rotatable bonds is 9. The number of carbonyl (C=O) groups is 5. The third-order valence-electron chi connectivity index (χ3n) is 14.8. The van der Waals surface area contributed by atoms with Crippen LogP contribution < -0.4 is 16.1 Å². The van der Waals surface area contributed by atoms with Crippen molar-refractivity contribution >= 4 is 40.5 Å². The Morgan fingerprint density at radius 1 is 1.03 bits per heavy atom. The lowest BCUT2D eigenvalue weighted by Gasteiger charge is -2.37. The summed E-state index contributed by atoms with van der Waals surface area (Å²) in [5, 5.41) is 19.9. The molecule has 0 saturated carbocycles. The van der Waals surface area contributed by atoms with Crippen molar-refractivity contribution in [2.75, 3.05) is 46.4 Å². The lowest BCUT2D eigenvalue weighted by molar-refractivity contribution is -0.155. The van der Waals surface area contributed by atoms with E-state index >= 15 is 0 Å². The third kappa shape index (κ3) is 8.98. The predicted octanol–water partition coefficient (Wildman–Crippen LogP) is 4.90. The molecule has 0 radical (unpaired) electrons. The van der Waals surface area contributed by atoms with Crippen LogP contribution in [-0.4, -0.2) is 130 Å². The van der Waals surface area contributed by atoms with Crippen LogP contribution in [-0.2, 0) is 52.8 Å². The number of hydrogen-bond donors (Lipinski definition) is 4. The average molecular weight is 931 g/mol. The van der Waals surface area contributed by atoms with Crippen molar-refractivity contribution in [1.29, 1.82) is 0 Å². The molecule has 2 aromatic heterocycles. The zero-order valence-corrected chi connectivity index (χ0v) is 40.4. The number of aromatic nitrogens is 2. The molecule has 4 amide bonds. The molecule has 5 aliphatic heterocycles. The molecule has 6 atom stereocenters. The fraction of sp³-hybridized carbons (Fsp3) is 0.538. The number of ether oxygens (including phenoxy) is 2. The molecule has 1 spiro atoms. The van der Waals surface area contributed by atoms with E-state index in [0.29, 0.717) is 70.4 Å². The Bertz CT molecular complexity index is 2640. The van der Waals surface area contributed by atoms with Crippen molar-refractivity contribution in [3.8, 4) is 28.1 Å². The number of hydrogen-bond acceptors (Lipinski definition) is 11. The number of nitrogens with one attached hydrogen (secondary N) is 3. The summed E-state index contributed by atoms with van der Waals surface area (Å²) in [6.45, 7) is 14.9. The van der Waals surface area contributed by atoms with Crippen LogP contribution in [0.4, 0.5) is 0 Å². The van der Waals surface area contributed by atoms with Crippen molar-refractivity contribution < 1.29 is 38.6 Å². The van der Waals surface area contributed by atoms with E-state index in [1.54, 1.807) is 35.2 Å². The first-order chi connectivity index (χ1) is 32.5. The molecule has 16 heteroatoms. The van der Waals surface area contributed by atoms with Crippen molar-refractivity contribution in [2.45, 2.75) is 117 Å². The van der Waals surface area contributed by atoms with E-state index in [1.165, 1.54) is 5.01 Å². The van der Waals surface area contributed by atoms with Gasteiger partial charge < -0.3 is 39.6 Å². The summed E-state index contributed by atoms with van der Waals surface area (Å²) in [6.07, 6.45) is 4.08. The summed E-state index contributed by atoms with van der Waals surface area (Å²) in [6, 6.07) is 12.5. The van der Waals surface area contributed by atoms with Crippen LogP contribution in [0.15, 0.2) is 54.7 Å². The number of aryl methyl sites for hydroxylation is 1. The van der Waals surface area contributed by atoms with Gasteiger partial charge in [-0.2, -0.15) is 0 Å². The van der Waals surface area contributed by atoms with Crippen LogP contribution in [0.25, 0.3) is 33.3 Å². The summed E-state index contributed by atoms with van der Waals surface area (Å²) in [5.74, 6) is -1.84. The van der Waals surface area contributed by atoms with Gasteiger partial charge in [-0.05, 0) is 111 Å². The molecule has 9 rings (SSSR count). The van der Waals surface area contributed by atoms with E-state index in [9.17, 15) is 29.1 Å². The van der Waals surface area contributed by atoms with Crippen LogP contribution in [0, 0.1) is 16.7 Å². The van der Waals surface area contributed by atoms with Gasteiger partial charge in [-0.25, -0.2) is 5.43 Å². The van der Waals surface area contributed by atoms with Gasteiger partial charge in [0, 0.05) is 80.9 Å². The molecule has 4 N–H and O–H groups in total. The molecule has 6 bridgehead atoms. The van der Waals surface area contributed by atoms with E-state index in [2.05, 4.69) is 59.6 Å². The highest BCUT2D eigenvalue weighted by Crippen LogP contribution is 2.44. The summed E-state index contributed by atoms with van der Waals surface area (Å²) in [4.78, 5) is 79.1. The Hall–Kier alpha value is -5.84. The standard InChI is InChI=1S/C52H66N8O8/c1-8-58-42-14-13-33-25-37(42)38(45(58)36-11-9-17-53-43(36)31(4)67-7)26-51(5,6)29-68-49(65)39-12-10-18-60(56-39)48(64)40(23-32-21-34(33)24-35(61)22-32)55-46(62)44(30(2)3)59-20-16-52(50(59)66)15-19-57(28-52)47(63)41-27-54-41/h9,11,13-14,17,21-22,24-25,30-31,39-41,44,54,56,61H,8,10,12,15-16,18-20,23,26-29H2,1-7H3,(H,55,62)/t31-,39-,40-,41-,44?,52?/m0/s1. The SMILES string of the molecule is CCn1c(-c2cccnc2[C@H](C)OC)c2c3cc(ccc31)-c1cc(O)cc(c1)C[C@H](NC(=O)C(C(C)C)N1CCC3(CCN(C(=O)[C@@H]4CN4)C3)C1=O)C(=O)N1CCC[C@H](N1)C(=O)OCC(C)(C)C2. The molecule has 2 aromatic carbocycles. The van der Waals surface area contributed by atoms with Gasteiger partial charge in [0.1, 0.15) is 23.9 Å². The number of hydrazine groups is 1. The molecule has 2 unspecified atom stereocenters. The van der Waals surface area contributed by atoms with Gasteiger partial charge in [0.2, 0.25) is 17.7 Å². The molecular weight excluding hydrogens is 865 g/mol. The van der Waals surface area contributed by atoms with Crippen LogP contribution in [0.5, 0.6) is 5.75 Å². The maximum absolute atomic E-state index is 14.8. The van der Waals surface area contributed by atoms with E-state index in [1.807, 2.05) is 39.0 Å². The summed E-state index contributed by atoms with van der Waals surface area (Å²) in [5.41, 5.74) is 8.87. The zero-order valence-electron chi connectivity index (χ0n) is 40.4. The highest BCUT2D eigenvalue weighted by molar-refractivity contribution is 5.97. The van der Waals surface area contributed by atoms with Crippen molar-refractivity contribution in [3.05, 3.63) is 71.5 Å². The smallest absolute Gasteiger partial charge is 0.324 e. The fourth-order valence-corrected chi connectivity index (χ4v) is 11.1. The second-order valence-corrected chi connectivity index (χ2v) is 20.7. The van der Waals surface area contributed by atoms with E-state index in [-0.39, 0.29) is 55.2 Å². The second kappa shape index (κ2) is 18.6. The number of phenols is 1. The topological polar surface area (TPSA) is 198 Å². The van der Waals surface area contributed by atoms with Gasteiger partial charge in [-0.1, -0.05) is 39.8 Å². The van der Waals surface area contributed by atoms with Gasteiger partial charge in [0.05, 0.1) is 35.6 Å². The van der Waals surface area contributed by atoms with E-state index in [0.717, 1.165) is 44.5 Å². The van der Waals surface area contributed by atoms with E-state index in [4.69, 9.17) is 14.5 Å². The number of likely N-dealkylation sites (tertiary alicyclic amines) is 2. The highest BCUT2D eigenvalue weighted by Gasteiger charge is 2.55. The summed E-state index contributed by atoms with van der Waals surface area (Å²) < 4.78 is 14.2. The molecule has 0 aliphatic carbocycles. The fourth-order valence-electron chi connectivity index (χ4n) is 11.1. The number of amides is 4. The maximum Gasteiger partial charge on any atom is 0.324 e. The summed E-state index contributed by atoms with van der Waals surface area (Å²) >= 11 is 0. The lowest BCUT2D eigenvalue weighted by Crippen LogP contribution is -2.62. The molecular formula is C52H66N8O8. The van der Waals surface area contributed by atoms with Gasteiger partial charge in [-0.15, -0.1) is 0 Å². The Kier molecular flexibility index (Phi) is 12.9. The molecule has 362 valence electrons. The molecule has 4 aromatic rings. The van der Waals surface area contributed by atoms with E-state index < -0.39 is 46.7 Å². The average Bonchev–Trinajstić information content (AvgIpc) is 3.92. The first kappa shape index (κ1) is 47.2. The number of aromatic hydroxyl groups is 1. The first-order valence-corrected chi connectivity index (χ1v) is 24.4. The number of pyridine rings is 1. The van der Waals surface area contributed by atoms with Crippen molar-refractivity contribution in [2.24, 2.45) is 16.7 Å². The number of phenolic OH excluding ortho intramolecular Hbond substituents is 1. The Morgan fingerprint density at radius 3 is 2.54 bits per heavy atom. The lowest BCUT2D eigenvalue weighted by atomic mass is 9.84. The van der Waals surface area contributed by atoms with Gasteiger partial charge >= 0.3 is 5.97 Å². The number of methoxy groups -OCH3 is 1. The van der Waals surface area contributed by atoms with Crippen LogP contribution >= 0.6 is 0 Å². The number of nitrogens with zero attached hydrogens (tertiary/aromatic N) is 5. The number of esters is 1. The van der Waals surface area contributed by atoms with Crippen LogP contribution in [0.1, 0.15) is 90.2 Å². The molecule has 68 heavy (non-hydrogen) atoms. The number of fused-ring (bicyclic) bond motifs is 6. The minimum Gasteiger partial charge on any atom is -0.508 e. The minimum atomic E-state index is -1.14. The van der Waals surface area contributed by atoms with Gasteiger partial charge in [0.15, 0.2) is 0 Å². The quantitative estimate of drug-likeness (QED) is 0.132. The largest absolute Gasteiger partial charge is 0.508 e. The van der Waals surface area contributed by atoms with Gasteiger partial charge in [-0.3, -0.25) is 34.0 Å². The zero-order chi connectivity index (χ0) is 48.2. The maximum atomic E-state index is 14.8. The van der Waals surface area contributed by atoms with Crippen molar-refractivity contribution in [1.82, 2.24) is 40.4 Å². The first-order valence-electron chi connectivity index (χ1n) is 24.4. The second-order valence-electron chi connectivity index (χ2n) is 20.7. The molecule has 16 nitrogen and oxygen atoms in total. The summed E-state index contributed by atoms with van der Waals surface area (Å²) in [7, 11) is 1.68. The predicted molar refractivity (Wildman–Crippen MR) is 256 cm³/mol.